The van der Waals surface area contributed by atoms with Gasteiger partial charge in [-0.15, -0.1) is 0 Å². The number of carbonyl (C=O) groups is 1. The lowest BCUT2D eigenvalue weighted by Crippen LogP contribution is -2.12. The van der Waals surface area contributed by atoms with E-state index in [1.54, 1.807) is 36.1 Å². The molecule has 0 aliphatic carbocycles. The Bertz CT molecular complexity index is 888. The van der Waals surface area contributed by atoms with Crippen LogP contribution >= 0.6 is 0 Å². The number of ether oxygens (including phenoxy) is 1. The predicted octanol–water partition coefficient (Wildman–Crippen LogP) is 2.84. The molecule has 128 valence electrons. The Labute approximate surface area is 145 Å². The molecular weight excluding hydrogens is 318 g/mol. The highest BCUT2D eigenvalue weighted by Crippen LogP contribution is 2.25. The molecule has 2 N–H and O–H groups in total. The first-order chi connectivity index (χ1) is 12.1. The summed E-state index contributed by atoms with van der Waals surface area (Å²) in [5.74, 6) is 0.313. The molecule has 0 radical (unpaired) electrons. The van der Waals surface area contributed by atoms with E-state index in [0.717, 1.165) is 5.56 Å². The number of aryl methyl sites for hydroxylation is 1. The number of anilines is 1. The van der Waals surface area contributed by atoms with Crippen LogP contribution in [-0.2, 0) is 13.7 Å². The van der Waals surface area contributed by atoms with Crippen molar-refractivity contribution in [2.75, 3.05) is 12.4 Å². The molecule has 3 aromatic rings. The first-order valence-corrected chi connectivity index (χ1v) is 7.80. The number of carbonyl (C=O) groups excluding carboxylic acids is 1. The Kier molecular flexibility index (Phi) is 4.81. The number of nitrogens with zero attached hydrogens (tertiary/aromatic N) is 2. The number of hydrogen-bond acceptors (Lipinski definition) is 4. The quantitative estimate of drug-likeness (QED) is 0.750. The Morgan fingerprint density at radius 3 is 2.68 bits per heavy atom. The van der Waals surface area contributed by atoms with Crippen molar-refractivity contribution in [2.45, 2.75) is 6.61 Å². The van der Waals surface area contributed by atoms with Gasteiger partial charge in [-0.1, -0.05) is 30.3 Å². The molecule has 0 bridgehead atoms. The molecule has 0 unspecified atom stereocenters. The van der Waals surface area contributed by atoms with Crippen LogP contribution in [0, 0.1) is 0 Å². The van der Waals surface area contributed by atoms with Crippen LogP contribution in [0.3, 0.4) is 0 Å². The number of rotatable bonds is 5. The Morgan fingerprint density at radius 1 is 1.24 bits per heavy atom. The zero-order valence-electron chi connectivity index (χ0n) is 14.1. The van der Waals surface area contributed by atoms with E-state index in [0.29, 0.717) is 28.3 Å². The van der Waals surface area contributed by atoms with Gasteiger partial charge in [-0.25, -0.2) is 0 Å². The fraction of sp³-hybridized carbons (Fsp3) is 0.158. The summed E-state index contributed by atoms with van der Waals surface area (Å²) < 4.78 is 6.79. The van der Waals surface area contributed by atoms with Gasteiger partial charge in [0.2, 0.25) is 0 Å². The lowest BCUT2D eigenvalue weighted by atomic mass is 10.1. The molecule has 0 saturated carbocycles. The normalized spacial score (nSPS) is 10.5. The highest BCUT2D eigenvalue weighted by Gasteiger charge is 2.17. The molecule has 6 heteroatoms. The molecule has 0 atom stereocenters. The summed E-state index contributed by atoms with van der Waals surface area (Å²) in [6.07, 6.45) is 1.69. The smallest absolute Gasteiger partial charge is 0.259 e. The monoisotopic (exact) mass is 337 g/mol. The highest BCUT2D eigenvalue weighted by molar-refractivity contribution is 6.08. The number of aliphatic hydroxyl groups is 1. The first-order valence-electron chi connectivity index (χ1n) is 7.80. The van der Waals surface area contributed by atoms with Crippen LogP contribution in [0.15, 0.2) is 54.7 Å². The number of nitrogens with one attached hydrogen (secondary N) is 1. The Morgan fingerprint density at radius 2 is 2.00 bits per heavy atom. The molecule has 25 heavy (non-hydrogen) atoms. The van der Waals surface area contributed by atoms with Gasteiger partial charge in [0.25, 0.3) is 5.91 Å². The van der Waals surface area contributed by atoms with Crippen molar-refractivity contribution in [3.63, 3.8) is 0 Å². The molecule has 0 aliphatic rings. The van der Waals surface area contributed by atoms with Crippen molar-refractivity contribution in [1.82, 2.24) is 9.78 Å². The summed E-state index contributed by atoms with van der Waals surface area (Å²) in [6, 6.07) is 14.7. The maximum absolute atomic E-state index is 12.7. The SMILES string of the molecule is COc1ccc(NC(=O)c2cn(C)nc2-c2ccccc2)cc1CO. The van der Waals surface area contributed by atoms with Gasteiger partial charge < -0.3 is 15.2 Å². The maximum atomic E-state index is 12.7. The number of hydrogen-bond donors (Lipinski definition) is 2. The molecule has 0 spiro atoms. The lowest BCUT2D eigenvalue weighted by molar-refractivity contribution is 0.102. The predicted molar refractivity (Wildman–Crippen MR) is 95.5 cm³/mol. The van der Waals surface area contributed by atoms with Crippen LogP contribution in [0.1, 0.15) is 15.9 Å². The molecule has 1 heterocycles. The third-order valence-corrected chi connectivity index (χ3v) is 3.83. The number of aromatic nitrogens is 2. The van der Waals surface area contributed by atoms with Crippen molar-refractivity contribution >= 4 is 11.6 Å². The second-order valence-corrected chi connectivity index (χ2v) is 5.57. The number of amides is 1. The molecule has 6 nitrogen and oxygen atoms in total. The summed E-state index contributed by atoms with van der Waals surface area (Å²) in [6.45, 7) is -0.172. The number of aliphatic hydroxyl groups excluding tert-OH is 1. The standard InChI is InChI=1S/C19H19N3O3/c1-22-11-16(18(21-22)13-6-4-3-5-7-13)19(24)20-15-8-9-17(25-2)14(10-15)12-23/h3-11,23H,12H2,1-2H3,(H,20,24). The maximum Gasteiger partial charge on any atom is 0.259 e. The highest BCUT2D eigenvalue weighted by atomic mass is 16.5. The zero-order valence-corrected chi connectivity index (χ0v) is 14.1. The minimum Gasteiger partial charge on any atom is -0.496 e. The van der Waals surface area contributed by atoms with Gasteiger partial charge in [0.1, 0.15) is 11.4 Å². The molecule has 3 rings (SSSR count). The lowest BCUT2D eigenvalue weighted by Gasteiger charge is -2.10. The van der Waals surface area contributed by atoms with Gasteiger partial charge in [0.05, 0.1) is 19.3 Å². The van der Waals surface area contributed by atoms with Gasteiger partial charge in [-0.05, 0) is 18.2 Å². The molecule has 0 saturated heterocycles. The minimum absolute atomic E-state index is 0.172. The summed E-state index contributed by atoms with van der Waals surface area (Å²) in [5, 5.41) is 16.7. The summed E-state index contributed by atoms with van der Waals surface area (Å²) in [4.78, 5) is 12.7. The molecule has 0 fully saturated rings. The Balaban J connectivity index is 1.90. The van der Waals surface area contributed by atoms with Crippen molar-refractivity contribution in [3.8, 4) is 17.0 Å². The molecule has 2 aromatic carbocycles. The van der Waals surface area contributed by atoms with E-state index in [-0.39, 0.29) is 12.5 Å². The van der Waals surface area contributed by atoms with Crippen molar-refractivity contribution in [1.29, 1.82) is 0 Å². The second kappa shape index (κ2) is 7.19. The average Bonchev–Trinajstić information content (AvgIpc) is 3.04. The van der Waals surface area contributed by atoms with Gasteiger partial charge in [-0.3, -0.25) is 9.48 Å². The van der Waals surface area contributed by atoms with E-state index < -0.39 is 0 Å². The van der Waals surface area contributed by atoms with Crippen LogP contribution < -0.4 is 10.1 Å². The largest absolute Gasteiger partial charge is 0.496 e. The van der Waals surface area contributed by atoms with Crippen molar-refractivity contribution < 1.29 is 14.6 Å². The minimum atomic E-state index is -0.263. The third-order valence-electron chi connectivity index (χ3n) is 3.83. The van der Waals surface area contributed by atoms with Gasteiger partial charge in [0, 0.05) is 30.1 Å². The molecular formula is C19H19N3O3. The van der Waals surface area contributed by atoms with Gasteiger partial charge >= 0.3 is 0 Å². The van der Waals surface area contributed by atoms with E-state index >= 15 is 0 Å². The summed E-state index contributed by atoms with van der Waals surface area (Å²) in [5.41, 5.74) is 3.16. The van der Waals surface area contributed by atoms with Crippen LogP contribution in [0.5, 0.6) is 5.75 Å². The fourth-order valence-corrected chi connectivity index (χ4v) is 2.64. The van der Waals surface area contributed by atoms with Crippen LogP contribution in [-0.4, -0.2) is 27.9 Å². The van der Waals surface area contributed by atoms with Crippen molar-refractivity contribution in [2.24, 2.45) is 7.05 Å². The van der Waals surface area contributed by atoms with Gasteiger partial charge in [-0.2, -0.15) is 5.10 Å². The van der Waals surface area contributed by atoms with Crippen molar-refractivity contribution in [3.05, 3.63) is 65.9 Å². The summed E-state index contributed by atoms with van der Waals surface area (Å²) >= 11 is 0. The zero-order chi connectivity index (χ0) is 17.8. The van der Waals surface area contributed by atoms with Crippen LogP contribution in [0.25, 0.3) is 11.3 Å². The third kappa shape index (κ3) is 3.54. The Hall–Kier alpha value is -3.12. The van der Waals surface area contributed by atoms with E-state index in [9.17, 15) is 9.90 Å². The molecule has 1 aromatic heterocycles. The molecule has 0 aliphatic heterocycles. The average molecular weight is 337 g/mol. The van der Waals surface area contributed by atoms with E-state index in [1.165, 1.54) is 7.11 Å². The molecule has 1 amide bonds. The van der Waals surface area contributed by atoms with E-state index in [1.807, 2.05) is 30.3 Å². The van der Waals surface area contributed by atoms with Crippen LogP contribution in [0.2, 0.25) is 0 Å². The topological polar surface area (TPSA) is 76.4 Å². The fourth-order valence-electron chi connectivity index (χ4n) is 2.64. The van der Waals surface area contributed by atoms with E-state index in [2.05, 4.69) is 10.4 Å². The number of benzene rings is 2. The first kappa shape index (κ1) is 16.7. The van der Waals surface area contributed by atoms with Gasteiger partial charge in [0.15, 0.2) is 0 Å². The summed E-state index contributed by atoms with van der Waals surface area (Å²) in [7, 11) is 3.31. The van der Waals surface area contributed by atoms with Crippen LogP contribution in [0.4, 0.5) is 5.69 Å². The van der Waals surface area contributed by atoms with E-state index in [4.69, 9.17) is 4.74 Å². The number of methoxy groups -OCH3 is 1. The second-order valence-electron chi connectivity index (χ2n) is 5.57.